The Morgan fingerprint density at radius 1 is 1.06 bits per heavy atom. The molecule has 4 nitrogen and oxygen atoms in total. The summed E-state index contributed by atoms with van der Waals surface area (Å²) in [6, 6.07) is 20.2. The standard InChI is InChI=1S/C29H26FNO3S/c1-18-26(29(33)34-14-13-19-8-3-2-4-9-19)27(21-10-5-6-11-22(21)30)28-23(31-18)16-20(17-24(28)32)25-12-7-15-35-25/h2-12,15,20,27,31H,13-14,16-17H2,1H3/t20-,27-/m1/s1. The van der Waals surface area contributed by atoms with E-state index in [1.54, 1.807) is 36.5 Å². The van der Waals surface area contributed by atoms with Gasteiger partial charge in [-0.3, -0.25) is 4.79 Å². The number of nitrogens with one attached hydrogen (secondary N) is 1. The minimum atomic E-state index is -0.798. The third-order valence-electron chi connectivity index (χ3n) is 6.68. The predicted octanol–water partition coefficient (Wildman–Crippen LogP) is 6.03. The first-order chi connectivity index (χ1) is 17.0. The van der Waals surface area contributed by atoms with Crippen LogP contribution in [0, 0.1) is 5.82 Å². The monoisotopic (exact) mass is 487 g/mol. The predicted molar refractivity (Wildman–Crippen MR) is 134 cm³/mol. The molecule has 1 aliphatic carbocycles. The van der Waals surface area contributed by atoms with Crippen molar-refractivity contribution in [2.75, 3.05) is 6.61 Å². The topological polar surface area (TPSA) is 55.4 Å². The van der Waals surface area contributed by atoms with E-state index >= 15 is 4.39 Å². The van der Waals surface area contributed by atoms with Gasteiger partial charge in [0, 0.05) is 46.2 Å². The molecular formula is C29H26FNO3S. The van der Waals surface area contributed by atoms with Crippen LogP contribution in [0.5, 0.6) is 0 Å². The zero-order chi connectivity index (χ0) is 24.4. The largest absolute Gasteiger partial charge is 0.462 e. The fourth-order valence-corrected chi connectivity index (χ4v) is 5.87. The number of allylic oxidation sites excluding steroid dienone is 3. The van der Waals surface area contributed by atoms with Crippen molar-refractivity contribution in [3.63, 3.8) is 0 Å². The van der Waals surface area contributed by atoms with E-state index in [9.17, 15) is 9.59 Å². The summed E-state index contributed by atoms with van der Waals surface area (Å²) in [6.45, 7) is 1.99. The molecule has 35 heavy (non-hydrogen) atoms. The zero-order valence-electron chi connectivity index (χ0n) is 19.4. The van der Waals surface area contributed by atoms with Gasteiger partial charge in [-0.05, 0) is 36.4 Å². The van der Waals surface area contributed by atoms with Crippen LogP contribution in [0.1, 0.15) is 47.6 Å². The van der Waals surface area contributed by atoms with Crippen molar-refractivity contribution >= 4 is 23.1 Å². The number of hydrogen-bond acceptors (Lipinski definition) is 5. The van der Waals surface area contributed by atoms with Gasteiger partial charge >= 0.3 is 5.97 Å². The highest BCUT2D eigenvalue weighted by Crippen LogP contribution is 2.46. The molecule has 3 aromatic rings. The van der Waals surface area contributed by atoms with E-state index in [2.05, 4.69) is 5.32 Å². The molecule has 0 fully saturated rings. The van der Waals surface area contributed by atoms with E-state index in [4.69, 9.17) is 4.74 Å². The highest BCUT2D eigenvalue weighted by atomic mass is 32.1. The number of carbonyl (C=O) groups is 2. The molecule has 5 rings (SSSR count). The number of ether oxygens (including phenoxy) is 1. The lowest BCUT2D eigenvalue weighted by atomic mass is 9.72. The molecule has 0 radical (unpaired) electrons. The number of halogens is 1. The fraction of sp³-hybridized carbons (Fsp3) is 0.241. The van der Waals surface area contributed by atoms with Gasteiger partial charge in [-0.2, -0.15) is 0 Å². The molecule has 0 bridgehead atoms. The molecule has 2 atom stereocenters. The van der Waals surface area contributed by atoms with Gasteiger partial charge in [-0.25, -0.2) is 9.18 Å². The van der Waals surface area contributed by atoms with Crippen LogP contribution in [0.2, 0.25) is 0 Å². The Balaban J connectivity index is 1.47. The van der Waals surface area contributed by atoms with Gasteiger partial charge in [0.25, 0.3) is 0 Å². The van der Waals surface area contributed by atoms with Crippen LogP contribution in [-0.4, -0.2) is 18.4 Å². The van der Waals surface area contributed by atoms with Gasteiger partial charge in [0.05, 0.1) is 18.1 Å². The maximum absolute atomic E-state index is 15.1. The molecule has 1 aromatic heterocycles. The number of hydrogen-bond donors (Lipinski definition) is 1. The van der Waals surface area contributed by atoms with E-state index in [1.807, 2.05) is 47.8 Å². The highest BCUT2D eigenvalue weighted by Gasteiger charge is 2.42. The number of carbonyl (C=O) groups excluding carboxylic acids is 2. The Kier molecular flexibility index (Phi) is 6.64. The maximum atomic E-state index is 15.1. The van der Waals surface area contributed by atoms with Gasteiger partial charge in [0.2, 0.25) is 0 Å². The van der Waals surface area contributed by atoms with Crippen molar-refractivity contribution in [3.05, 3.63) is 116 Å². The summed E-state index contributed by atoms with van der Waals surface area (Å²) in [6.07, 6.45) is 1.55. The minimum Gasteiger partial charge on any atom is -0.462 e. The van der Waals surface area contributed by atoms with E-state index in [0.29, 0.717) is 41.7 Å². The van der Waals surface area contributed by atoms with E-state index in [1.165, 1.54) is 6.07 Å². The molecule has 2 aliphatic rings. The van der Waals surface area contributed by atoms with E-state index in [0.717, 1.165) is 16.1 Å². The van der Waals surface area contributed by atoms with Crippen molar-refractivity contribution < 1.29 is 18.7 Å². The first-order valence-corrected chi connectivity index (χ1v) is 12.6. The number of Topliss-reactive ketones (excluding diaryl/α,β-unsaturated/α-hetero) is 1. The summed E-state index contributed by atoms with van der Waals surface area (Å²) in [5, 5.41) is 5.33. The molecule has 0 amide bonds. The molecule has 0 spiro atoms. The number of esters is 1. The van der Waals surface area contributed by atoms with E-state index < -0.39 is 17.7 Å². The second-order valence-corrected chi connectivity index (χ2v) is 9.90. The van der Waals surface area contributed by atoms with Crippen LogP contribution in [0.4, 0.5) is 4.39 Å². The number of benzene rings is 2. The molecule has 1 N–H and O–H groups in total. The first kappa shape index (κ1) is 23.2. The maximum Gasteiger partial charge on any atom is 0.336 e. The van der Waals surface area contributed by atoms with Crippen molar-refractivity contribution in [2.24, 2.45) is 0 Å². The van der Waals surface area contributed by atoms with Crippen LogP contribution in [0.3, 0.4) is 0 Å². The van der Waals surface area contributed by atoms with Gasteiger partial charge in [0.15, 0.2) is 5.78 Å². The second-order valence-electron chi connectivity index (χ2n) is 8.93. The Labute approximate surface area is 208 Å². The van der Waals surface area contributed by atoms with Crippen LogP contribution >= 0.6 is 11.3 Å². The number of rotatable bonds is 6. The highest BCUT2D eigenvalue weighted by molar-refractivity contribution is 7.10. The summed E-state index contributed by atoms with van der Waals surface area (Å²) in [5.41, 5.74) is 3.52. The van der Waals surface area contributed by atoms with Crippen molar-refractivity contribution in [1.29, 1.82) is 0 Å². The molecule has 1 aliphatic heterocycles. The van der Waals surface area contributed by atoms with Crippen LogP contribution in [0.15, 0.2) is 94.7 Å². The lowest BCUT2D eigenvalue weighted by Gasteiger charge is -2.36. The smallest absolute Gasteiger partial charge is 0.336 e. The lowest BCUT2D eigenvalue weighted by Crippen LogP contribution is -2.36. The van der Waals surface area contributed by atoms with Crippen molar-refractivity contribution in [3.8, 4) is 0 Å². The Hall–Kier alpha value is -3.51. The Morgan fingerprint density at radius 3 is 2.57 bits per heavy atom. The molecule has 0 unspecified atom stereocenters. The SMILES string of the molecule is CC1=C(C(=O)OCCc2ccccc2)[C@@H](c2ccccc2F)C2=C(C[C@@H](c3cccs3)CC2=O)N1. The minimum absolute atomic E-state index is 0.0625. The van der Waals surface area contributed by atoms with Crippen molar-refractivity contribution in [1.82, 2.24) is 5.32 Å². The number of dihydropyridines is 1. The summed E-state index contributed by atoms with van der Waals surface area (Å²) in [4.78, 5) is 28.0. The second kappa shape index (κ2) is 10.0. The van der Waals surface area contributed by atoms with Gasteiger partial charge in [0.1, 0.15) is 5.82 Å². The average molecular weight is 488 g/mol. The summed E-state index contributed by atoms with van der Waals surface area (Å²) in [5.74, 6) is -1.76. The third kappa shape index (κ3) is 4.71. The molecule has 0 saturated heterocycles. The zero-order valence-corrected chi connectivity index (χ0v) is 20.2. The summed E-state index contributed by atoms with van der Waals surface area (Å²) >= 11 is 1.64. The van der Waals surface area contributed by atoms with Crippen LogP contribution in [-0.2, 0) is 20.7 Å². The fourth-order valence-electron chi connectivity index (χ4n) is 5.04. The van der Waals surface area contributed by atoms with E-state index in [-0.39, 0.29) is 18.3 Å². The number of thiophene rings is 1. The van der Waals surface area contributed by atoms with Crippen molar-refractivity contribution in [2.45, 2.75) is 38.0 Å². The first-order valence-electron chi connectivity index (χ1n) is 11.8. The molecule has 2 aromatic carbocycles. The quantitative estimate of drug-likeness (QED) is 0.431. The van der Waals surface area contributed by atoms with Crippen LogP contribution in [0.25, 0.3) is 0 Å². The van der Waals surface area contributed by atoms with Crippen LogP contribution < -0.4 is 5.32 Å². The van der Waals surface area contributed by atoms with Gasteiger partial charge in [-0.15, -0.1) is 11.3 Å². The Bertz CT molecular complexity index is 1310. The Morgan fingerprint density at radius 2 is 1.83 bits per heavy atom. The lowest BCUT2D eigenvalue weighted by molar-refractivity contribution is -0.139. The normalized spacial score (nSPS) is 19.9. The summed E-state index contributed by atoms with van der Waals surface area (Å²) in [7, 11) is 0. The third-order valence-corrected chi connectivity index (χ3v) is 7.71. The molecular weight excluding hydrogens is 461 g/mol. The molecule has 0 saturated carbocycles. The summed E-state index contributed by atoms with van der Waals surface area (Å²) < 4.78 is 20.7. The van der Waals surface area contributed by atoms with Gasteiger partial charge in [-0.1, -0.05) is 54.6 Å². The number of ketones is 1. The van der Waals surface area contributed by atoms with Gasteiger partial charge < -0.3 is 10.1 Å². The molecule has 178 valence electrons. The molecule has 2 heterocycles. The average Bonchev–Trinajstić information content (AvgIpc) is 3.39. The molecule has 6 heteroatoms.